The molecule has 1 amide bonds. The fourth-order valence-corrected chi connectivity index (χ4v) is 3.21. The van der Waals surface area contributed by atoms with Crippen LogP contribution in [0.4, 0.5) is 5.69 Å². The van der Waals surface area contributed by atoms with Crippen molar-refractivity contribution < 1.29 is 4.79 Å². The number of para-hydroxylation sites is 1. The number of thiophene rings is 1. The van der Waals surface area contributed by atoms with Crippen molar-refractivity contribution in [3.8, 4) is 10.4 Å². The molecule has 0 saturated heterocycles. The van der Waals surface area contributed by atoms with Crippen LogP contribution in [0, 0.1) is 5.41 Å². The van der Waals surface area contributed by atoms with Gasteiger partial charge in [-0.05, 0) is 30.4 Å². The van der Waals surface area contributed by atoms with E-state index in [1.807, 2.05) is 49.6 Å². The number of hydrogen-bond acceptors (Lipinski definition) is 3. The standard InChI is InChI=1S/C17H22N2OS/c1-3-17(4-2,12-18)16(20)19-14-9-6-5-8-13(14)15-10-7-11-21-15/h5-11H,3-4,12,18H2,1-2H3,(H,19,20). The fourth-order valence-electron chi connectivity index (χ4n) is 2.45. The summed E-state index contributed by atoms with van der Waals surface area (Å²) in [6, 6.07) is 12.0. The van der Waals surface area contributed by atoms with Gasteiger partial charge in [-0.25, -0.2) is 0 Å². The second kappa shape index (κ2) is 6.87. The quantitative estimate of drug-likeness (QED) is 0.843. The first kappa shape index (κ1) is 15.7. The van der Waals surface area contributed by atoms with Crippen LogP contribution in [0.5, 0.6) is 0 Å². The van der Waals surface area contributed by atoms with Crippen LogP contribution in [0.15, 0.2) is 41.8 Å². The molecule has 0 unspecified atom stereocenters. The minimum absolute atomic E-state index is 0.0130. The molecule has 0 aliphatic carbocycles. The van der Waals surface area contributed by atoms with Gasteiger partial charge in [-0.3, -0.25) is 4.79 Å². The summed E-state index contributed by atoms with van der Waals surface area (Å²) in [5, 5.41) is 5.12. The first-order chi connectivity index (χ1) is 10.2. The first-order valence-electron chi connectivity index (χ1n) is 7.31. The Hall–Kier alpha value is -1.65. The largest absolute Gasteiger partial charge is 0.329 e. The molecular formula is C17H22N2OS. The van der Waals surface area contributed by atoms with Crippen LogP contribution >= 0.6 is 11.3 Å². The normalized spacial score (nSPS) is 11.4. The number of nitrogens with one attached hydrogen (secondary N) is 1. The molecule has 1 heterocycles. The molecule has 4 heteroatoms. The van der Waals surface area contributed by atoms with Crippen molar-refractivity contribution in [2.45, 2.75) is 26.7 Å². The fraction of sp³-hybridized carbons (Fsp3) is 0.353. The molecule has 1 aromatic heterocycles. The number of rotatable bonds is 6. The molecule has 21 heavy (non-hydrogen) atoms. The predicted molar refractivity (Wildman–Crippen MR) is 90.5 cm³/mol. The van der Waals surface area contributed by atoms with Gasteiger partial charge in [-0.2, -0.15) is 0 Å². The van der Waals surface area contributed by atoms with Crippen molar-refractivity contribution in [3.05, 3.63) is 41.8 Å². The lowest BCUT2D eigenvalue weighted by Crippen LogP contribution is -2.41. The summed E-state index contributed by atoms with van der Waals surface area (Å²) < 4.78 is 0. The Kier molecular flexibility index (Phi) is 5.15. The molecule has 3 nitrogen and oxygen atoms in total. The van der Waals surface area contributed by atoms with E-state index in [4.69, 9.17) is 5.73 Å². The topological polar surface area (TPSA) is 55.1 Å². The Morgan fingerprint density at radius 2 is 1.90 bits per heavy atom. The second-order valence-electron chi connectivity index (χ2n) is 5.17. The lowest BCUT2D eigenvalue weighted by atomic mass is 9.81. The van der Waals surface area contributed by atoms with E-state index >= 15 is 0 Å². The van der Waals surface area contributed by atoms with E-state index in [0.717, 1.165) is 29.0 Å². The molecule has 0 aliphatic heterocycles. The van der Waals surface area contributed by atoms with Gasteiger partial charge in [0.05, 0.1) is 5.41 Å². The Bertz CT molecular complexity index is 580. The maximum Gasteiger partial charge on any atom is 0.231 e. The van der Waals surface area contributed by atoms with Crippen LogP contribution < -0.4 is 11.1 Å². The molecule has 2 rings (SSSR count). The molecule has 0 fully saturated rings. The van der Waals surface area contributed by atoms with E-state index in [-0.39, 0.29) is 5.91 Å². The van der Waals surface area contributed by atoms with Gasteiger partial charge in [0.25, 0.3) is 0 Å². The van der Waals surface area contributed by atoms with Crippen LogP contribution in [-0.4, -0.2) is 12.5 Å². The number of anilines is 1. The van der Waals surface area contributed by atoms with Crippen LogP contribution in [0.25, 0.3) is 10.4 Å². The lowest BCUT2D eigenvalue weighted by Gasteiger charge is -2.29. The third-order valence-electron chi connectivity index (χ3n) is 4.19. The van der Waals surface area contributed by atoms with Crippen molar-refractivity contribution in [3.63, 3.8) is 0 Å². The number of carbonyl (C=O) groups is 1. The van der Waals surface area contributed by atoms with E-state index in [0.29, 0.717) is 6.54 Å². The zero-order valence-electron chi connectivity index (χ0n) is 12.6. The SMILES string of the molecule is CCC(CC)(CN)C(=O)Nc1ccccc1-c1cccs1. The maximum atomic E-state index is 12.7. The molecular weight excluding hydrogens is 280 g/mol. The highest BCUT2D eigenvalue weighted by Gasteiger charge is 2.33. The van der Waals surface area contributed by atoms with E-state index in [9.17, 15) is 4.79 Å². The van der Waals surface area contributed by atoms with Crippen molar-refractivity contribution in [1.29, 1.82) is 0 Å². The molecule has 112 valence electrons. The van der Waals surface area contributed by atoms with Crippen LogP contribution in [-0.2, 0) is 4.79 Å². The number of amides is 1. The number of hydrogen-bond donors (Lipinski definition) is 2. The summed E-state index contributed by atoms with van der Waals surface area (Å²) in [6.45, 7) is 4.40. The van der Waals surface area contributed by atoms with E-state index in [2.05, 4.69) is 11.4 Å². The number of benzene rings is 1. The maximum absolute atomic E-state index is 12.7. The summed E-state index contributed by atoms with van der Waals surface area (Å²) in [5.74, 6) is 0.0130. The lowest BCUT2D eigenvalue weighted by molar-refractivity contribution is -0.125. The van der Waals surface area contributed by atoms with Crippen molar-refractivity contribution in [1.82, 2.24) is 0 Å². The molecule has 0 spiro atoms. The van der Waals surface area contributed by atoms with E-state index in [1.165, 1.54) is 0 Å². The van der Waals surface area contributed by atoms with Crippen molar-refractivity contribution in [2.24, 2.45) is 11.1 Å². The Morgan fingerprint density at radius 1 is 1.19 bits per heavy atom. The zero-order chi connectivity index (χ0) is 15.3. The van der Waals surface area contributed by atoms with E-state index in [1.54, 1.807) is 11.3 Å². The molecule has 0 atom stereocenters. The number of nitrogens with two attached hydrogens (primary N) is 1. The highest BCUT2D eigenvalue weighted by molar-refractivity contribution is 7.13. The van der Waals surface area contributed by atoms with Gasteiger partial charge >= 0.3 is 0 Å². The molecule has 2 aromatic rings. The minimum Gasteiger partial charge on any atom is -0.329 e. The molecule has 1 aromatic carbocycles. The zero-order valence-corrected chi connectivity index (χ0v) is 13.4. The highest BCUT2D eigenvalue weighted by Crippen LogP contribution is 2.33. The van der Waals surface area contributed by atoms with Crippen LogP contribution in [0.3, 0.4) is 0 Å². The summed E-state index contributed by atoms with van der Waals surface area (Å²) in [6.07, 6.45) is 1.49. The molecule has 0 aliphatic rings. The first-order valence-corrected chi connectivity index (χ1v) is 8.19. The Morgan fingerprint density at radius 3 is 2.48 bits per heavy atom. The highest BCUT2D eigenvalue weighted by atomic mass is 32.1. The third kappa shape index (κ3) is 3.17. The monoisotopic (exact) mass is 302 g/mol. The molecule has 0 bridgehead atoms. The van der Waals surface area contributed by atoms with Crippen LogP contribution in [0.2, 0.25) is 0 Å². The van der Waals surface area contributed by atoms with Gasteiger partial charge in [-0.1, -0.05) is 38.1 Å². The Labute approximate surface area is 130 Å². The van der Waals surface area contributed by atoms with Gasteiger partial charge in [0.15, 0.2) is 0 Å². The third-order valence-corrected chi connectivity index (χ3v) is 5.09. The van der Waals surface area contributed by atoms with Crippen molar-refractivity contribution >= 4 is 22.9 Å². The van der Waals surface area contributed by atoms with Gasteiger partial charge in [0.2, 0.25) is 5.91 Å². The van der Waals surface area contributed by atoms with Crippen LogP contribution in [0.1, 0.15) is 26.7 Å². The van der Waals surface area contributed by atoms with Gasteiger partial charge < -0.3 is 11.1 Å². The summed E-state index contributed by atoms with van der Waals surface area (Å²) in [7, 11) is 0. The summed E-state index contributed by atoms with van der Waals surface area (Å²) in [4.78, 5) is 13.8. The van der Waals surface area contributed by atoms with Gasteiger partial charge in [0, 0.05) is 22.7 Å². The Balaban J connectivity index is 2.30. The number of carbonyl (C=O) groups excluding carboxylic acids is 1. The van der Waals surface area contributed by atoms with Gasteiger partial charge in [0.1, 0.15) is 0 Å². The van der Waals surface area contributed by atoms with Gasteiger partial charge in [-0.15, -0.1) is 11.3 Å². The average molecular weight is 302 g/mol. The van der Waals surface area contributed by atoms with Crippen molar-refractivity contribution in [2.75, 3.05) is 11.9 Å². The summed E-state index contributed by atoms with van der Waals surface area (Å²) >= 11 is 1.67. The second-order valence-corrected chi connectivity index (χ2v) is 6.12. The average Bonchev–Trinajstić information content (AvgIpc) is 3.04. The molecule has 0 saturated carbocycles. The smallest absolute Gasteiger partial charge is 0.231 e. The minimum atomic E-state index is -0.484. The predicted octanol–water partition coefficient (Wildman–Crippen LogP) is 4.12. The molecule has 3 N–H and O–H groups in total. The molecule has 0 radical (unpaired) electrons. The van der Waals surface area contributed by atoms with E-state index < -0.39 is 5.41 Å². The summed E-state index contributed by atoms with van der Waals surface area (Å²) in [5.41, 5.74) is 7.28.